The Balaban J connectivity index is 3.21. The van der Waals surface area contributed by atoms with E-state index in [1.165, 1.54) is 30.2 Å². The Hall–Kier alpha value is -1.64. The van der Waals surface area contributed by atoms with Crippen LogP contribution in [0.15, 0.2) is 23.1 Å². The first-order valence-electron chi connectivity index (χ1n) is 6.73. The van der Waals surface area contributed by atoms with Crippen LogP contribution in [0.5, 0.6) is 0 Å². The molecule has 0 spiro atoms. The van der Waals surface area contributed by atoms with E-state index in [4.69, 9.17) is 11.6 Å². The van der Waals surface area contributed by atoms with Crippen molar-refractivity contribution in [1.29, 1.82) is 0 Å². The molecule has 7 nitrogen and oxygen atoms in total. The fourth-order valence-electron chi connectivity index (χ4n) is 1.75. The number of hydrogen-bond acceptors (Lipinski definition) is 5. The van der Waals surface area contributed by atoms with E-state index in [1.54, 1.807) is 21.0 Å². The van der Waals surface area contributed by atoms with E-state index < -0.39 is 16.0 Å². The third kappa shape index (κ3) is 4.43. The summed E-state index contributed by atoms with van der Waals surface area (Å²) in [6.45, 7) is 1.44. The normalized spacial score (nSPS) is 11.4. The van der Waals surface area contributed by atoms with Gasteiger partial charge in [0.05, 0.1) is 24.2 Å². The Labute approximate surface area is 140 Å². The van der Waals surface area contributed by atoms with E-state index in [9.17, 15) is 18.0 Å². The van der Waals surface area contributed by atoms with Crippen LogP contribution < -0.4 is 0 Å². The van der Waals surface area contributed by atoms with Gasteiger partial charge in [-0.05, 0) is 18.2 Å². The second-order valence-electron chi connectivity index (χ2n) is 4.86. The number of methoxy groups -OCH3 is 1. The molecule has 23 heavy (non-hydrogen) atoms. The molecule has 9 heteroatoms. The lowest BCUT2D eigenvalue weighted by Crippen LogP contribution is -2.40. The van der Waals surface area contributed by atoms with Crippen LogP contribution >= 0.6 is 11.6 Å². The summed E-state index contributed by atoms with van der Waals surface area (Å²) in [6, 6.07) is 3.76. The molecule has 0 aromatic heterocycles. The molecule has 0 saturated heterocycles. The Morgan fingerprint density at radius 3 is 2.30 bits per heavy atom. The molecule has 1 aromatic rings. The minimum atomic E-state index is -3.96. The second kappa shape index (κ2) is 7.76. The molecule has 0 fully saturated rings. The van der Waals surface area contributed by atoms with Crippen molar-refractivity contribution in [3.8, 4) is 0 Å². The van der Waals surface area contributed by atoms with Gasteiger partial charge in [0.1, 0.15) is 4.90 Å². The van der Waals surface area contributed by atoms with Gasteiger partial charge in [0, 0.05) is 20.6 Å². The molecule has 0 radical (unpaired) electrons. The molecule has 0 saturated carbocycles. The predicted molar refractivity (Wildman–Crippen MR) is 85.9 cm³/mol. The minimum absolute atomic E-state index is 0.108. The first kappa shape index (κ1) is 19.4. The third-order valence-corrected chi connectivity index (χ3v) is 5.54. The second-order valence-corrected chi connectivity index (χ2v) is 7.17. The maximum absolute atomic E-state index is 12.6. The van der Waals surface area contributed by atoms with Gasteiger partial charge in [-0.2, -0.15) is 4.31 Å². The van der Waals surface area contributed by atoms with Gasteiger partial charge in [0.25, 0.3) is 0 Å². The third-order valence-electron chi connectivity index (χ3n) is 3.13. The minimum Gasteiger partial charge on any atom is -0.465 e. The molecule has 0 heterocycles. The Kier molecular flexibility index (Phi) is 6.55. The number of sulfonamides is 1. The maximum Gasteiger partial charge on any atom is 0.337 e. The Morgan fingerprint density at radius 2 is 1.87 bits per heavy atom. The first-order chi connectivity index (χ1) is 10.6. The van der Waals surface area contributed by atoms with Crippen molar-refractivity contribution in [2.75, 3.05) is 34.3 Å². The van der Waals surface area contributed by atoms with Crippen LogP contribution in [0.25, 0.3) is 0 Å². The average Bonchev–Trinajstić information content (AvgIpc) is 2.50. The molecule has 1 amide bonds. The number of carbonyl (C=O) groups excluding carboxylic acids is 2. The van der Waals surface area contributed by atoms with Gasteiger partial charge in [0.2, 0.25) is 15.9 Å². The smallest absolute Gasteiger partial charge is 0.337 e. The van der Waals surface area contributed by atoms with Crippen molar-refractivity contribution in [2.24, 2.45) is 0 Å². The molecule has 0 N–H and O–H groups in total. The summed E-state index contributed by atoms with van der Waals surface area (Å²) >= 11 is 6.01. The van der Waals surface area contributed by atoms with Crippen molar-refractivity contribution in [2.45, 2.75) is 11.8 Å². The standard InChI is InChI=1S/C14H19ClN2O5S/c1-5-17(9-13(18)16(2)3)23(20,21)12-7-6-10(8-11(12)15)14(19)22-4/h6-8H,5,9H2,1-4H3. The number of carbonyl (C=O) groups is 2. The quantitative estimate of drug-likeness (QED) is 0.710. The molecular formula is C14H19ClN2O5S. The lowest BCUT2D eigenvalue weighted by molar-refractivity contribution is -0.128. The number of ether oxygens (including phenoxy) is 1. The molecule has 0 aliphatic carbocycles. The number of nitrogens with zero attached hydrogens (tertiary/aromatic N) is 2. The number of likely N-dealkylation sites (N-methyl/N-ethyl adjacent to an activating group) is 2. The summed E-state index contributed by atoms with van der Waals surface area (Å²) in [5, 5.41) is -0.108. The molecule has 128 valence electrons. The van der Waals surface area contributed by atoms with E-state index >= 15 is 0 Å². The van der Waals surface area contributed by atoms with Crippen molar-refractivity contribution in [1.82, 2.24) is 9.21 Å². The summed E-state index contributed by atoms with van der Waals surface area (Å²) in [4.78, 5) is 24.4. The first-order valence-corrected chi connectivity index (χ1v) is 8.55. The van der Waals surface area contributed by atoms with Crippen LogP contribution in [0, 0.1) is 0 Å². The topological polar surface area (TPSA) is 84.0 Å². The molecule has 0 atom stereocenters. The Morgan fingerprint density at radius 1 is 1.26 bits per heavy atom. The zero-order valence-electron chi connectivity index (χ0n) is 13.4. The molecule has 0 aliphatic rings. The number of benzene rings is 1. The van der Waals surface area contributed by atoms with Crippen LogP contribution in [-0.4, -0.2) is 63.8 Å². The van der Waals surface area contributed by atoms with Crippen molar-refractivity contribution in [3.05, 3.63) is 28.8 Å². The molecule has 0 bridgehead atoms. The summed E-state index contributed by atoms with van der Waals surface area (Å²) < 4.78 is 30.9. The van der Waals surface area contributed by atoms with Gasteiger partial charge in [-0.1, -0.05) is 18.5 Å². The highest BCUT2D eigenvalue weighted by atomic mass is 35.5. The summed E-state index contributed by atoms with van der Waals surface area (Å²) in [6.07, 6.45) is 0. The number of hydrogen-bond donors (Lipinski definition) is 0. The molecular weight excluding hydrogens is 344 g/mol. The highest BCUT2D eigenvalue weighted by Gasteiger charge is 2.28. The lowest BCUT2D eigenvalue weighted by atomic mass is 10.2. The van der Waals surface area contributed by atoms with Crippen molar-refractivity contribution in [3.63, 3.8) is 0 Å². The Bertz CT molecular complexity index is 703. The van der Waals surface area contributed by atoms with E-state index in [2.05, 4.69) is 4.74 Å². The summed E-state index contributed by atoms with van der Waals surface area (Å²) in [5.41, 5.74) is 0.142. The molecule has 1 aromatic carbocycles. The van der Waals surface area contributed by atoms with Crippen LogP contribution in [0.1, 0.15) is 17.3 Å². The predicted octanol–water partition coefficient (Wildman–Crippen LogP) is 1.23. The van der Waals surface area contributed by atoms with Gasteiger partial charge in [-0.25, -0.2) is 13.2 Å². The molecule has 0 unspecified atom stereocenters. The lowest BCUT2D eigenvalue weighted by Gasteiger charge is -2.22. The zero-order valence-corrected chi connectivity index (χ0v) is 14.9. The molecule has 1 rings (SSSR count). The number of esters is 1. The van der Waals surface area contributed by atoms with Gasteiger partial charge >= 0.3 is 5.97 Å². The largest absolute Gasteiger partial charge is 0.465 e. The van der Waals surface area contributed by atoms with Crippen LogP contribution in [0.4, 0.5) is 0 Å². The van der Waals surface area contributed by atoms with Gasteiger partial charge < -0.3 is 9.64 Å². The highest BCUT2D eigenvalue weighted by molar-refractivity contribution is 7.89. The van der Waals surface area contributed by atoms with Crippen molar-refractivity contribution >= 4 is 33.5 Å². The monoisotopic (exact) mass is 362 g/mol. The van der Waals surface area contributed by atoms with Crippen molar-refractivity contribution < 1.29 is 22.7 Å². The van der Waals surface area contributed by atoms with E-state index in [0.717, 1.165) is 4.31 Å². The maximum atomic E-state index is 12.6. The fourth-order valence-corrected chi connectivity index (χ4v) is 3.67. The van der Waals surface area contributed by atoms with E-state index in [1.807, 2.05) is 0 Å². The van der Waals surface area contributed by atoms with Gasteiger partial charge in [-0.3, -0.25) is 4.79 Å². The number of halogens is 1. The number of rotatable bonds is 6. The van der Waals surface area contributed by atoms with E-state index in [-0.39, 0.29) is 34.5 Å². The zero-order chi connectivity index (χ0) is 17.8. The van der Waals surface area contributed by atoms with E-state index in [0.29, 0.717) is 0 Å². The van der Waals surface area contributed by atoms with Gasteiger partial charge in [0.15, 0.2) is 0 Å². The SMILES string of the molecule is CCN(CC(=O)N(C)C)S(=O)(=O)c1ccc(C(=O)OC)cc1Cl. The summed E-state index contributed by atoms with van der Waals surface area (Å²) in [5.74, 6) is -0.969. The average molecular weight is 363 g/mol. The highest BCUT2D eigenvalue weighted by Crippen LogP contribution is 2.26. The van der Waals surface area contributed by atoms with Gasteiger partial charge in [-0.15, -0.1) is 0 Å². The van der Waals surface area contributed by atoms with Crippen LogP contribution in [0.3, 0.4) is 0 Å². The number of amides is 1. The molecule has 0 aliphatic heterocycles. The summed E-state index contributed by atoms with van der Waals surface area (Å²) in [7, 11) is 0.342. The van der Waals surface area contributed by atoms with Crippen LogP contribution in [-0.2, 0) is 19.6 Å². The van der Waals surface area contributed by atoms with Crippen LogP contribution in [0.2, 0.25) is 5.02 Å². The fraction of sp³-hybridized carbons (Fsp3) is 0.429.